The Balaban J connectivity index is 1.96. The highest BCUT2D eigenvalue weighted by molar-refractivity contribution is 4.97. The number of aryl methyl sites for hydroxylation is 1. The molecule has 0 aliphatic heterocycles. The molecule has 0 atom stereocenters. The Morgan fingerprint density at radius 2 is 2.00 bits per heavy atom. The van der Waals surface area contributed by atoms with Gasteiger partial charge in [-0.3, -0.25) is 0 Å². The van der Waals surface area contributed by atoms with E-state index in [1.165, 1.54) is 37.8 Å². The molecule has 0 bridgehead atoms. The summed E-state index contributed by atoms with van der Waals surface area (Å²) in [4.78, 5) is 4.17. The number of aromatic nitrogens is 2. The van der Waals surface area contributed by atoms with Crippen LogP contribution >= 0.6 is 0 Å². The minimum atomic E-state index is 0.859. The van der Waals surface area contributed by atoms with Crippen molar-refractivity contribution in [3.8, 4) is 0 Å². The molecule has 104 valence electrons. The summed E-state index contributed by atoms with van der Waals surface area (Å²) in [6, 6.07) is 0. The highest BCUT2D eigenvalue weighted by atomic mass is 15.1. The molecule has 0 unspecified atom stereocenters. The Bertz CT molecular complexity index is 304. The summed E-state index contributed by atoms with van der Waals surface area (Å²) in [5, 5.41) is 3.50. The first-order valence-electron chi connectivity index (χ1n) is 7.43. The van der Waals surface area contributed by atoms with Crippen molar-refractivity contribution < 1.29 is 0 Å². The van der Waals surface area contributed by atoms with Crippen molar-refractivity contribution in [1.29, 1.82) is 0 Å². The van der Waals surface area contributed by atoms with Gasteiger partial charge in [0.15, 0.2) is 0 Å². The average Bonchev–Trinajstić information content (AvgIpc) is 2.79. The first kappa shape index (κ1) is 15.2. The van der Waals surface area contributed by atoms with Crippen LogP contribution in [0.15, 0.2) is 12.5 Å². The average molecular weight is 251 g/mol. The van der Waals surface area contributed by atoms with Crippen molar-refractivity contribution in [2.24, 2.45) is 5.92 Å². The van der Waals surface area contributed by atoms with E-state index in [0.717, 1.165) is 25.6 Å². The van der Waals surface area contributed by atoms with Gasteiger partial charge in [-0.2, -0.15) is 0 Å². The summed E-state index contributed by atoms with van der Waals surface area (Å²) < 4.78 is 2.19. The summed E-state index contributed by atoms with van der Waals surface area (Å²) in [7, 11) is 0. The number of rotatable bonds is 10. The molecule has 0 spiro atoms. The highest BCUT2D eigenvalue weighted by Gasteiger charge is 1.99. The molecule has 0 radical (unpaired) electrons. The van der Waals surface area contributed by atoms with Crippen LogP contribution in [0.25, 0.3) is 0 Å². The van der Waals surface area contributed by atoms with Crippen LogP contribution in [0.2, 0.25) is 0 Å². The molecule has 1 aromatic heterocycles. The third-order valence-electron chi connectivity index (χ3n) is 3.33. The fraction of sp³-hybridized carbons (Fsp3) is 0.800. The molecule has 3 nitrogen and oxygen atoms in total. The van der Waals surface area contributed by atoms with Gasteiger partial charge in [0.2, 0.25) is 0 Å². The SMILES string of the molecule is CCn1cncc1CNCCCCCCC(C)C. The van der Waals surface area contributed by atoms with Gasteiger partial charge in [0.05, 0.1) is 12.0 Å². The minimum absolute atomic E-state index is 0.859. The first-order chi connectivity index (χ1) is 8.74. The Morgan fingerprint density at radius 3 is 2.72 bits per heavy atom. The van der Waals surface area contributed by atoms with Gasteiger partial charge >= 0.3 is 0 Å². The van der Waals surface area contributed by atoms with Gasteiger partial charge in [-0.1, -0.05) is 39.5 Å². The van der Waals surface area contributed by atoms with E-state index in [-0.39, 0.29) is 0 Å². The number of imidazole rings is 1. The maximum atomic E-state index is 4.17. The maximum absolute atomic E-state index is 4.17. The summed E-state index contributed by atoms with van der Waals surface area (Å²) in [5.74, 6) is 0.859. The lowest BCUT2D eigenvalue weighted by Crippen LogP contribution is -2.17. The normalized spacial score (nSPS) is 11.3. The van der Waals surface area contributed by atoms with Crippen LogP contribution in [0.4, 0.5) is 0 Å². The topological polar surface area (TPSA) is 29.9 Å². The van der Waals surface area contributed by atoms with Gasteiger partial charge in [0.1, 0.15) is 0 Å². The van der Waals surface area contributed by atoms with Crippen molar-refractivity contribution in [2.75, 3.05) is 6.54 Å². The smallest absolute Gasteiger partial charge is 0.0948 e. The molecule has 0 aliphatic rings. The highest BCUT2D eigenvalue weighted by Crippen LogP contribution is 2.09. The van der Waals surface area contributed by atoms with E-state index in [9.17, 15) is 0 Å². The molecular weight excluding hydrogens is 222 g/mol. The van der Waals surface area contributed by atoms with Crippen molar-refractivity contribution >= 4 is 0 Å². The summed E-state index contributed by atoms with van der Waals surface area (Å²) in [6.45, 7) is 9.83. The molecular formula is C15H29N3. The molecule has 0 aromatic carbocycles. The zero-order chi connectivity index (χ0) is 13.2. The van der Waals surface area contributed by atoms with Crippen molar-refractivity contribution in [3.63, 3.8) is 0 Å². The van der Waals surface area contributed by atoms with Crippen LogP contribution in [-0.4, -0.2) is 16.1 Å². The molecule has 18 heavy (non-hydrogen) atoms. The fourth-order valence-electron chi connectivity index (χ4n) is 2.15. The lowest BCUT2D eigenvalue weighted by atomic mass is 10.0. The van der Waals surface area contributed by atoms with Crippen molar-refractivity contribution in [2.45, 2.75) is 66.0 Å². The molecule has 0 fully saturated rings. The number of nitrogens with one attached hydrogen (secondary N) is 1. The number of unbranched alkanes of at least 4 members (excludes halogenated alkanes) is 3. The van der Waals surface area contributed by atoms with E-state index in [4.69, 9.17) is 0 Å². The van der Waals surface area contributed by atoms with Gasteiger partial charge in [-0.05, 0) is 25.8 Å². The molecule has 0 saturated carbocycles. The molecule has 3 heteroatoms. The van der Waals surface area contributed by atoms with Crippen LogP contribution in [0.1, 0.15) is 58.6 Å². The van der Waals surface area contributed by atoms with Crippen molar-refractivity contribution in [3.05, 3.63) is 18.2 Å². The van der Waals surface area contributed by atoms with E-state index in [0.29, 0.717) is 0 Å². The number of hydrogen-bond acceptors (Lipinski definition) is 2. The zero-order valence-corrected chi connectivity index (χ0v) is 12.3. The van der Waals surface area contributed by atoms with E-state index >= 15 is 0 Å². The third kappa shape index (κ3) is 6.20. The predicted octanol–water partition coefficient (Wildman–Crippen LogP) is 3.60. The second kappa shape index (κ2) is 9.15. The number of hydrogen-bond donors (Lipinski definition) is 1. The third-order valence-corrected chi connectivity index (χ3v) is 3.33. The van der Waals surface area contributed by atoms with E-state index in [1.54, 1.807) is 0 Å². The molecule has 1 aromatic rings. The monoisotopic (exact) mass is 251 g/mol. The van der Waals surface area contributed by atoms with Gasteiger partial charge in [0, 0.05) is 19.3 Å². The second-order valence-corrected chi connectivity index (χ2v) is 5.44. The summed E-state index contributed by atoms with van der Waals surface area (Å²) in [6.07, 6.45) is 10.7. The predicted molar refractivity (Wildman–Crippen MR) is 77.5 cm³/mol. The van der Waals surface area contributed by atoms with Crippen molar-refractivity contribution in [1.82, 2.24) is 14.9 Å². The Kier molecular flexibility index (Phi) is 7.74. The molecule has 0 saturated heterocycles. The Morgan fingerprint density at radius 1 is 1.22 bits per heavy atom. The summed E-state index contributed by atoms with van der Waals surface area (Å²) in [5.41, 5.74) is 1.29. The molecule has 0 aliphatic carbocycles. The van der Waals surface area contributed by atoms with E-state index < -0.39 is 0 Å². The minimum Gasteiger partial charge on any atom is -0.334 e. The quantitative estimate of drug-likeness (QED) is 0.644. The summed E-state index contributed by atoms with van der Waals surface area (Å²) >= 11 is 0. The Labute approximate surface area is 112 Å². The first-order valence-corrected chi connectivity index (χ1v) is 7.43. The second-order valence-electron chi connectivity index (χ2n) is 5.44. The van der Waals surface area contributed by atoms with Gasteiger partial charge in [0.25, 0.3) is 0 Å². The van der Waals surface area contributed by atoms with E-state index in [2.05, 4.69) is 35.6 Å². The molecule has 1 heterocycles. The van der Waals surface area contributed by atoms with Gasteiger partial charge < -0.3 is 9.88 Å². The number of nitrogens with zero attached hydrogens (tertiary/aromatic N) is 2. The van der Waals surface area contributed by atoms with Gasteiger partial charge in [-0.25, -0.2) is 4.98 Å². The van der Waals surface area contributed by atoms with Crippen LogP contribution in [-0.2, 0) is 13.1 Å². The Hall–Kier alpha value is -0.830. The largest absolute Gasteiger partial charge is 0.334 e. The maximum Gasteiger partial charge on any atom is 0.0948 e. The van der Waals surface area contributed by atoms with E-state index in [1.807, 2.05) is 12.5 Å². The van der Waals surface area contributed by atoms with Crippen LogP contribution in [0.5, 0.6) is 0 Å². The molecule has 1 N–H and O–H groups in total. The van der Waals surface area contributed by atoms with Gasteiger partial charge in [-0.15, -0.1) is 0 Å². The van der Waals surface area contributed by atoms with Crippen LogP contribution in [0, 0.1) is 5.92 Å². The fourth-order valence-corrected chi connectivity index (χ4v) is 2.15. The molecule has 1 rings (SSSR count). The standard InChI is InChI=1S/C15H29N3/c1-4-18-13-17-12-15(18)11-16-10-8-6-5-7-9-14(2)3/h12-14,16H,4-11H2,1-3H3. The lowest BCUT2D eigenvalue weighted by Gasteiger charge is -2.07. The lowest BCUT2D eigenvalue weighted by molar-refractivity contribution is 0.510. The van der Waals surface area contributed by atoms with Crippen LogP contribution < -0.4 is 5.32 Å². The molecule has 0 amide bonds. The van der Waals surface area contributed by atoms with Crippen LogP contribution in [0.3, 0.4) is 0 Å². The zero-order valence-electron chi connectivity index (χ0n) is 12.3.